The number of halogens is 2. The summed E-state index contributed by atoms with van der Waals surface area (Å²) in [4.78, 5) is 10.5. The molecule has 0 saturated heterocycles. The van der Waals surface area contributed by atoms with Crippen molar-refractivity contribution in [1.82, 2.24) is 0 Å². The zero-order valence-electron chi connectivity index (χ0n) is 17.7. The normalized spacial score (nSPS) is 10.1. The minimum Gasteiger partial charge on any atom is -0.454 e. The largest absolute Gasteiger partial charge is 0.454 e. The average Bonchev–Trinajstić information content (AvgIpc) is 2.83. The van der Waals surface area contributed by atoms with Crippen molar-refractivity contribution in [2.24, 2.45) is 0 Å². The molecule has 0 aromatic heterocycles. The van der Waals surface area contributed by atoms with E-state index in [0.29, 0.717) is 27.3 Å². The number of anilines is 3. The van der Waals surface area contributed by atoms with Gasteiger partial charge in [-0.2, -0.15) is 0 Å². The van der Waals surface area contributed by atoms with Gasteiger partial charge in [0.1, 0.15) is 17.2 Å². The average molecular weight is 588 g/mol. The zero-order valence-corrected chi connectivity index (χ0v) is 20.8. The van der Waals surface area contributed by atoms with Crippen LogP contribution in [0.3, 0.4) is 0 Å². The van der Waals surface area contributed by atoms with E-state index in [0.717, 1.165) is 10.2 Å². The molecular formula is C24H20Br2N4O4. The molecule has 174 valence electrons. The van der Waals surface area contributed by atoms with E-state index in [-0.39, 0.29) is 17.1 Å². The molecule has 0 saturated carbocycles. The maximum absolute atomic E-state index is 11.0. The van der Waals surface area contributed by atoms with Gasteiger partial charge < -0.3 is 26.7 Å². The van der Waals surface area contributed by atoms with Crippen molar-refractivity contribution in [3.8, 4) is 23.0 Å². The number of hydrogen-bond acceptors (Lipinski definition) is 7. The molecule has 0 heterocycles. The van der Waals surface area contributed by atoms with E-state index < -0.39 is 4.92 Å². The van der Waals surface area contributed by atoms with Gasteiger partial charge in [0.15, 0.2) is 5.75 Å². The van der Waals surface area contributed by atoms with Crippen molar-refractivity contribution >= 4 is 54.6 Å². The van der Waals surface area contributed by atoms with Crippen LogP contribution < -0.4 is 26.7 Å². The van der Waals surface area contributed by atoms with Gasteiger partial charge >= 0.3 is 5.69 Å². The minimum absolute atomic E-state index is 0.0640. The Kier molecular flexibility index (Phi) is 8.34. The molecule has 10 heteroatoms. The number of rotatable bonds is 5. The third kappa shape index (κ3) is 6.18. The lowest BCUT2D eigenvalue weighted by atomic mass is 10.2. The molecule has 4 rings (SSSR count). The standard InChI is InChI=1S/C12H9BrN2O3.C12H11BrN2O/c13-9-6-7-10(14)11(15(16)17)12(9)18-8-4-2-1-3-5-8;13-9-6-7-10(14)11(15)12(9)16-8-4-2-1-3-5-8/h1-7H,14H2;1-7H,14-15H2. The van der Waals surface area contributed by atoms with Crippen LogP contribution in [0.15, 0.2) is 93.9 Å². The fourth-order valence-corrected chi connectivity index (χ4v) is 3.58. The lowest BCUT2D eigenvalue weighted by molar-refractivity contribution is -0.384. The zero-order chi connectivity index (χ0) is 24.7. The van der Waals surface area contributed by atoms with Gasteiger partial charge in [-0.3, -0.25) is 10.1 Å². The number of nitrogens with zero attached hydrogens (tertiary/aromatic N) is 1. The summed E-state index contributed by atoms with van der Waals surface area (Å²) in [6, 6.07) is 24.8. The molecule has 0 radical (unpaired) electrons. The first-order valence-corrected chi connectivity index (χ1v) is 11.4. The van der Waals surface area contributed by atoms with Gasteiger partial charge in [-0.25, -0.2) is 0 Å². The van der Waals surface area contributed by atoms with E-state index in [9.17, 15) is 10.1 Å². The number of benzene rings is 4. The molecular weight excluding hydrogens is 568 g/mol. The van der Waals surface area contributed by atoms with Crippen LogP contribution in [-0.4, -0.2) is 4.92 Å². The van der Waals surface area contributed by atoms with Crippen LogP contribution in [0.1, 0.15) is 0 Å². The van der Waals surface area contributed by atoms with E-state index in [1.807, 2.05) is 42.5 Å². The van der Waals surface area contributed by atoms with Gasteiger partial charge in [-0.1, -0.05) is 36.4 Å². The Morgan fingerprint density at radius 1 is 0.647 bits per heavy atom. The lowest BCUT2D eigenvalue weighted by Crippen LogP contribution is -1.99. The Hall–Kier alpha value is -3.76. The van der Waals surface area contributed by atoms with Gasteiger partial charge in [0.05, 0.1) is 25.2 Å². The van der Waals surface area contributed by atoms with Crippen molar-refractivity contribution in [2.75, 3.05) is 17.2 Å². The molecule has 0 spiro atoms. The van der Waals surface area contributed by atoms with Crippen molar-refractivity contribution in [3.63, 3.8) is 0 Å². The monoisotopic (exact) mass is 586 g/mol. The number of nitrogen functional groups attached to an aromatic ring is 3. The van der Waals surface area contributed by atoms with Crippen LogP contribution in [0.25, 0.3) is 0 Å². The summed E-state index contributed by atoms with van der Waals surface area (Å²) in [6.07, 6.45) is 0. The maximum atomic E-state index is 11.0. The molecule has 0 aliphatic carbocycles. The van der Waals surface area contributed by atoms with Crippen LogP contribution in [0.5, 0.6) is 23.0 Å². The number of hydrogen-bond donors (Lipinski definition) is 3. The Balaban J connectivity index is 0.000000192. The van der Waals surface area contributed by atoms with Gasteiger partial charge in [-0.05, 0) is 80.4 Å². The molecule has 8 nitrogen and oxygen atoms in total. The predicted molar refractivity (Wildman–Crippen MR) is 141 cm³/mol. The van der Waals surface area contributed by atoms with Crippen molar-refractivity contribution < 1.29 is 14.4 Å². The number of nitro benzene ring substituents is 1. The number of nitro groups is 1. The SMILES string of the molecule is Nc1ccc(Br)c(Oc2ccccc2)c1N.Nc1ccc(Br)c(Oc2ccccc2)c1[N+](=O)[O-]. The molecule has 34 heavy (non-hydrogen) atoms. The molecule has 4 aromatic carbocycles. The molecule has 0 fully saturated rings. The van der Waals surface area contributed by atoms with Crippen molar-refractivity contribution in [2.45, 2.75) is 0 Å². The first-order valence-electron chi connectivity index (χ1n) is 9.79. The Labute approximate surface area is 212 Å². The van der Waals surface area contributed by atoms with E-state index >= 15 is 0 Å². The Morgan fingerprint density at radius 3 is 1.59 bits per heavy atom. The number of nitrogens with two attached hydrogens (primary N) is 3. The first kappa shape index (κ1) is 24.9. The third-order valence-corrected chi connectivity index (χ3v) is 5.65. The molecule has 4 aromatic rings. The summed E-state index contributed by atoms with van der Waals surface area (Å²) in [5, 5.41) is 11.0. The minimum atomic E-state index is -0.557. The molecule has 0 aliphatic rings. The van der Waals surface area contributed by atoms with Crippen molar-refractivity contribution in [3.05, 3.63) is 104 Å². The number of ether oxygens (including phenoxy) is 2. The van der Waals surface area contributed by atoms with Gasteiger partial charge in [0, 0.05) is 0 Å². The summed E-state index contributed by atoms with van der Waals surface area (Å²) < 4.78 is 12.4. The van der Waals surface area contributed by atoms with Crippen molar-refractivity contribution in [1.29, 1.82) is 0 Å². The fraction of sp³-hybridized carbons (Fsp3) is 0. The Bertz CT molecular complexity index is 1290. The molecule has 0 amide bonds. The topological polar surface area (TPSA) is 140 Å². The summed E-state index contributed by atoms with van der Waals surface area (Å²) in [6.45, 7) is 0. The van der Waals surface area contributed by atoms with Crippen LogP contribution in [0, 0.1) is 10.1 Å². The van der Waals surface area contributed by atoms with Crippen LogP contribution in [0.4, 0.5) is 22.7 Å². The van der Waals surface area contributed by atoms with Gasteiger partial charge in [0.2, 0.25) is 5.75 Å². The number of para-hydroxylation sites is 2. The highest BCUT2D eigenvalue weighted by Gasteiger charge is 2.23. The highest BCUT2D eigenvalue weighted by molar-refractivity contribution is 9.11. The third-order valence-electron chi connectivity index (χ3n) is 4.41. The van der Waals surface area contributed by atoms with Gasteiger partial charge in [-0.15, -0.1) is 0 Å². The first-order chi connectivity index (χ1) is 16.3. The second kappa shape index (κ2) is 11.4. The van der Waals surface area contributed by atoms with Crippen LogP contribution >= 0.6 is 31.9 Å². The summed E-state index contributed by atoms with van der Waals surface area (Å²) in [5.41, 5.74) is 17.9. The molecule has 6 N–H and O–H groups in total. The smallest absolute Gasteiger partial charge is 0.335 e. The fourth-order valence-electron chi connectivity index (χ4n) is 2.75. The second-order valence-corrected chi connectivity index (χ2v) is 8.49. The molecule has 0 unspecified atom stereocenters. The van der Waals surface area contributed by atoms with Crippen LogP contribution in [-0.2, 0) is 0 Å². The lowest BCUT2D eigenvalue weighted by Gasteiger charge is -2.11. The van der Waals surface area contributed by atoms with E-state index in [4.69, 9.17) is 26.7 Å². The second-order valence-electron chi connectivity index (χ2n) is 6.78. The Morgan fingerprint density at radius 2 is 1.09 bits per heavy atom. The van der Waals surface area contributed by atoms with E-state index in [1.54, 1.807) is 36.4 Å². The maximum Gasteiger partial charge on any atom is 0.335 e. The summed E-state index contributed by atoms with van der Waals surface area (Å²) in [7, 11) is 0. The van der Waals surface area contributed by atoms with E-state index in [1.165, 1.54) is 6.07 Å². The quantitative estimate of drug-likeness (QED) is 0.128. The highest BCUT2D eigenvalue weighted by Crippen LogP contribution is 2.42. The van der Waals surface area contributed by atoms with Crippen LogP contribution in [0.2, 0.25) is 0 Å². The predicted octanol–water partition coefficient (Wildman–Crippen LogP) is 7.14. The molecule has 0 bridgehead atoms. The molecule has 0 atom stereocenters. The van der Waals surface area contributed by atoms with Gasteiger partial charge in [0.25, 0.3) is 0 Å². The van der Waals surface area contributed by atoms with E-state index in [2.05, 4.69) is 31.9 Å². The molecule has 0 aliphatic heterocycles. The summed E-state index contributed by atoms with van der Waals surface area (Å²) >= 11 is 6.60. The highest BCUT2D eigenvalue weighted by atomic mass is 79.9. The summed E-state index contributed by atoms with van der Waals surface area (Å²) in [5.74, 6) is 1.88.